The van der Waals surface area contributed by atoms with Crippen molar-refractivity contribution in [1.29, 1.82) is 0 Å². The first-order valence-corrected chi connectivity index (χ1v) is 7.80. The van der Waals surface area contributed by atoms with Gasteiger partial charge in [0.1, 0.15) is 5.75 Å². The van der Waals surface area contributed by atoms with Gasteiger partial charge in [-0.15, -0.1) is 0 Å². The summed E-state index contributed by atoms with van der Waals surface area (Å²) in [6.45, 7) is 3.19. The molecule has 1 atom stereocenters. The van der Waals surface area contributed by atoms with E-state index in [1.54, 1.807) is 7.11 Å². The van der Waals surface area contributed by atoms with Crippen LogP contribution in [0, 0.1) is 0 Å². The van der Waals surface area contributed by atoms with Gasteiger partial charge in [0.15, 0.2) is 11.5 Å². The van der Waals surface area contributed by atoms with Gasteiger partial charge in [-0.1, -0.05) is 13.0 Å². The van der Waals surface area contributed by atoms with Gasteiger partial charge in [0.2, 0.25) is 6.79 Å². The molecule has 0 unspecified atom stereocenters. The van der Waals surface area contributed by atoms with Gasteiger partial charge in [0.25, 0.3) is 0 Å². The van der Waals surface area contributed by atoms with Crippen LogP contribution in [0.4, 0.5) is 0 Å². The molecule has 122 valence electrons. The van der Waals surface area contributed by atoms with Crippen molar-refractivity contribution in [3.8, 4) is 17.2 Å². The highest BCUT2D eigenvalue weighted by atomic mass is 16.7. The van der Waals surface area contributed by atoms with Crippen LogP contribution >= 0.6 is 0 Å². The summed E-state index contributed by atoms with van der Waals surface area (Å²) in [5.74, 6) is 2.34. The molecule has 0 amide bonds. The van der Waals surface area contributed by atoms with Gasteiger partial charge in [-0.3, -0.25) is 9.88 Å². The summed E-state index contributed by atoms with van der Waals surface area (Å²) in [5, 5.41) is 0. The van der Waals surface area contributed by atoms with Crippen LogP contribution in [0.1, 0.15) is 30.6 Å². The Morgan fingerprint density at radius 1 is 1.26 bits per heavy atom. The van der Waals surface area contributed by atoms with Crippen molar-refractivity contribution in [2.75, 3.05) is 21.0 Å². The molecule has 3 rings (SSSR count). The lowest BCUT2D eigenvalue weighted by atomic mass is 10.1. The number of pyridine rings is 1. The molecule has 5 heteroatoms. The van der Waals surface area contributed by atoms with Crippen molar-refractivity contribution < 1.29 is 14.2 Å². The van der Waals surface area contributed by atoms with Crippen molar-refractivity contribution in [2.24, 2.45) is 0 Å². The van der Waals surface area contributed by atoms with E-state index in [2.05, 4.69) is 29.9 Å². The molecule has 0 aliphatic carbocycles. The summed E-state index contributed by atoms with van der Waals surface area (Å²) in [6, 6.07) is 10.2. The van der Waals surface area contributed by atoms with Crippen molar-refractivity contribution in [1.82, 2.24) is 9.88 Å². The molecule has 0 fully saturated rings. The van der Waals surface area contributed by atoms with Gasteiger partial charge in [-0.2, -0.15) is 0 Å². The molecule has 0 saturated heterocycles. The highest BCUT2D eigenvalue weighted by Gasteiger charge is 2.21. The Labute approximate surface area is 136 Å². The van der Waals surface area contributed by atoms with Crippen molar-refractivity contribution in [2.45, 2.75) is 25.9 Å². The lowest BCUT2D eigenvalue weighted by molar-refractivity contribution is 0.173. The Kier molecular flexibility index (Phi) is 4.67. The molecule has 23 heavy (non-hydrogen) atoms. The number of hydrogen-bond donors (Lipinski definition) is 0. The third-order valence-corrected chi connectivity index (χ3v) is 4.14. The van der Waals surface area contributed by atoms with Crippen LogP contribution in [0.2, 0.25) is 0 Å². The van der Waals surface area contributed by atoms with E-state index in [4.69, 9.17) is 14.2 Å². The first kappa shape index (κ1) is 15.6. The Balaban J connectivity index is 1.83. The van der Waals surface area contributed by atoms with E-state index in [0.717, 1.165) is 41.5 Å². The lowest BCUT2D eigenvalue weighted by Gasteiger charge is -2.27. The zero-order valence-electron chi connectivity index (χ0n) is 13.8. The number of hydrogen-bond acceptors (Lipinski definition) is 5. The van der Waals surface area contributed by atoms with E-state index < -0.39 is 0 Å². The SMILES string of the molecule is CC[C@@H](c1ccccn1)N(C)Cc1cc2c(cc1OC)OCO2. The third-order valence-electron chi connectivity index (χ3n) is 4.14. The summed E-state index contributed by atoms with van der Waals surface area (Å²) < 4.78 is 16.4. The molecule has 5 nitrogen and oxygen atoms in total. The van der Waals surface area contributed by atoms with Crippen molar-refractivity contribution >= 4 is 0 Å². The third kappa shape index (κ3) is 3.24. The standard InChI is InChI=1S/C18H22N2O3/c1-4-15(14-7-5-6-8-19-14)20(2)11-13-9-17-18(23-12-22-17)10-16(13)21-3/h5-10,15H,4,11-12H2,1-3H3/t15-/m0/s1. The normalized spacial score (nSPS) is 14.1. The quantitative estimate of drug-likeness (QED) is 0.817. The van der Waals surface area contributed by atoms with Crippen LogP contribution < -0.4 is 14.2 Å². The maximum atomic E-state index is 5.51. The number of rotatable bonds is 6. The number of nitrogens with zero attached hydrogens (tertiary/aromatic N) is 2. The van der Waals surface area contributed by atoms with Gasteiger partial charge in [0.05, 0.1) is 18.8 Å². The molecule has 0 saturated carbocycles. The Morgan fingerprint density at radius 2 is 2.04 bits per heavy atom. The number of aromatic nitrogens is 1. The van der Waals surface area contributed by atoms with Crippen LogP contribution in [0.15, 0.2) is 36.5 Å². The van der Waals surface area contributed by atoms with Crippen molar-refractivity contribution in [3.63, 3.8) is 0 Å². The fraction of sp³-hybridized carbons (Fsp3) is 0.389. The average Bonchev–Trinajstić information content (AvgIpc) is 3.03. The van der Waals surface area contributed by atoms with Crippen LogP contribution in [0.25, 0.3) is 0 Å². The smallest absolute Gasteiger partial charge is 0.231 e. The molecular formula is C18H22N2O3. The van der Waals surface area contributed by atoms with Crippen LogP contribution in [-0.4, -0.2) is 30.8 Å². The minimum atomic E-state index is 0.256. The van der Waals surface area contributed by atoms with E-state index in [1.165, 1.54) is 0 Å². The summed E-state index contributed by atoms with van der Waals surface area (Å²) in [5.41, 5.74) is 2.16. The van der Waals surface area contributed by atoms with E-state index in [1.807, 2.05) is 30.5 Å². The number of fused-ring (bicyclic) bond motifs is 1. The topological polar surface area (TPSA) is 43.8 Å². The number of methoxy groups -OCH3 is 1. The van der Waals surface area contributed by atoms with Crippen molar-refractivity contribution in [3.05, 3.63) is 47.8 Å². The Morgan fingerprint density at radius 3 is 2.70 bits per heavy atom. The summed E-state index contributed by atoms with van der Waals surface area (Å²) in [4.78, 5) is 6.78. The second-order valence-corrected chi connectivity index (χ2v) is 5.61. The first-order valence-electron chi connectivity index (χ1n) is 7.80. The first-order chi connectivity index (χ1) is 11.2. The Bertz CT molecular complexity index is 661. The molecule has 0 bridgehead atoms. The monoisotopic (exact) mass is 314 g/mol. The second kappa shape index (κ2) is 6.87. The molecule has 2 heterocycles. The molecule has 1 aliphatic heterocycles. The largest absolute Gasteiger partial charge is 0.496 e. The van der Waals surface area contributed by atoms with Gasteiger partial charge >= 0.3 is 0 Å². The maximum Gasteiger partial charge on any atom is 0.231 e. The minimum Gasteiger partial charge on any atom is -0.496 e. The Hall–Kier alpha value is -2.27. The van der Waals surface area contributed by atoms with Crippen LogP contribution in [0.3, 0.4) is 0 Å². The lowest BCUT2D eigenvalue weighted by Crippen LogP contribution is -2.24. The molecule has 1 aromatic heterocycles. The minimum absolute atomic E-state index is 0.256. The fourth-order valence-corrected chi connectivity index (χ4v) is 2.98. The summed E-state index contributed by atoms with van der Waals surface area (Å²) >= 11 is 0. The average molecular weight is 314 g/mol. The molecule has 0 N–H and O–H groups in total. The second-order valence-electron chi connectivity index (χ2n) is 5.61. The summed E-state index contributed by atoms with van der Waals surface area (Å²) in [6.07, 6.45) is 2.83. The zero-order chi connectivity index (χ0) is 16.2. The highest BCUT2D eigenvalue weighted by Crippen LogP contribution is 2.39. The zero-order valence-corrected chi connectivity index (χ0v) is 13.8. The van der Waals surface area contributed by atoms with Gasteiger partial charge in [-0.25, -0.2) is 0 Å². The van der Waals surface area contributed by atoms with Gasteiger partial charge < -0.3 is 14.2 Å². The van der Waals surface area contributed by atoms with E-state index in [0.29, 0.717) is 0 Å². The van der Waals surface area contributed by atoms with Gasteiger partial charge in [-0.05, 0) is 31.7 Å². The highest BCUT2D eigenvalue weighted by molar-refractivity contribution is 5.51. The molecular weight excluding hydrogens is 292 g/mol. The van der Waals surface area contributed by atoms with E-state index in [9.17, 15) is 0 Å². The van der Waals surface area contributed by atoms with Gasteiger partial charge in [0, 0.05) is 24.4 Å². The van der Waals surface area contributed by atoms with E-state index >= 15 is 0 Å². The number of benzene rings is 1. The van der Waals surface area contributed by atoms with Crippen LogP contribution in [0.5, 0.6) is 17.2 Å². The summed E-state index contributed by atoms with van der Waals surface area (Å²) in [7, 11) is 3.78. The molecule has 0 radical (unpaired) electrons. The fourth-order valence-electron chi connectivity index (χ4n) is 2.98. The molecule has 0 spiro atoms. The molecule has 1 aliphatic rings. The maximum absolute atomic E-state index is 5.51. The number of ether oxygens (including phenoxy) is 3. The predicted octanol–water partition coefficient (Wildman–Crippen LogP) is 3.40. The van der Waals surface area contributed by atoms with Crippen LogP contribution in [-0.2, 0) is 6.54 Å². The molecule has 1 aromatic carbocycles. The predicted molar refractivity (Wildman–Crippen MR) is 87.9 cm³/mol. The molecule has 2 aromatic rings. The van der Waals surface area contributed by atoms with E-state index in [-0.39, 0.29) is 12.8 Å².